The summed E-state index contributed by atoms with van der Waals surface area (Å²) >= 11 is 0. The number of nitrogens with one attached hydrogen (secondary N) is 1. The predicted molar refractivity (Wildman–Crippen MR) is 90.9 cm³/mol. The van der Waals surface area contributed by atoms with Crippen LogP contribution in [0.4, 0.5) is 0 Å². The van der Waals surface area contributed by atoms with E-state index >= 15 is 0 Å². The van der Waals surface area contributed by atoms with E-state index in [1.165, 1.54) is 5.56 Å². The van der Waals surface area contributed by atoms with E-state index in [0.717, 1.165) is 12.8 Å². The van der Waals surface area contributed by atoms with Gasteiger partial charge >= 0.3 is 0 Å². The molecule has 1 amide bonds. The van der Waals surface area contributed by atoms with Crippen LogP contribution < -0.4 is 14.8 Å². The molecule has 1 N–H and O–H groups in total. The molecular weight excluding hydrogens is 290 g/mol. The van der Waals surface area contributed by atoms with Gasteiger partial charge in [-0.15, -0.1) is 0 Å². The zero-order valence-electron chi connectivity index (χ0n) is 13.6. The number of rotatable bonds is 8. The normalized spacial score (nSPS) is 11.6. The van der Waals surface area contributed by atoms with E-state index in [2.05, 4.69) is 17.4 Å². The summed E-state index contributed by atoms with van der Waals surface area (Å²) in [6.45, 7) is 1.99. The largest absolute Gasteiger partial charge is 0.493 e. The molecule has 0 aliphatic carbocycles. The molecule has 4 nitrogen and oxygen atoms in total. The molecule has 2 aromatic carbocycles. The van der Waals surface area contributed by atoms with Crippen LogP contribution in [0, 0.1) is 0 Å². The number of hydrogen-bond acceptors (Lipinski definition) is 3. The van der Waals surface area contributed by atoms with E-state index in [1.54, 1.807) is 19.2 Å². The van der Waals surface area contributed by atoms with Gasteiger partial charge in [0.05, 0.1) is 7.11 Å². The van der Waals surface area contributed by atoms with E-state index in [9.17, 15) is 4.79 Å². The summed E-state index contributed by atoms with van der Waals surface area (Å²) in [7, 11) is 1.58. The number of hydrogen-bond donors (Lipinski definition) is 1. The molecule has 0 spiro atoms. The molecule has 122 valence electrons. The van der Waals surface area contributed by atoms with Crippen LogP contribution in [0.3, 0.4) is 0 Å². The standard InChI is InChI=1S/C19H23NO3/c1-15(12-13-16-8-4-3-5-9-16)20-19(21)14-23-18-11-7-6-10-17(18)22-2/h3-11,15H,12-14H2,1-2H3,(H,20,21). The Hall–Kier alpha value is -2.49. The maximum atomic E-state index is 12.0. The number of para-hydroxylation sites is 2. The summed E-state index contributed by atoms with van der Waals surface area (Å²) < 4.78 is 10.7. The molecule has 0 saturated heterocycles. The second kappa shape index (κ2) is 8.83. The number of benzene rings is 2. The smallest absolute Gasteiger partial charge is 0.258 e. The van der Waals surface area contributed by atoms with E-state index in [4.69, 9.17) is 9.47 Å². The zero-order chi connectivity index (χ0) is 16.5. The van der Waals surface area contributed by atoms with Crippen molar-refractivity contribution in [3.8, 4) is 11.5 Å². The minimum absolute atomic E-state index is 0.0178. The molecule has 0 heterocycles. The highest BCUT2D eigenvalue weighted by Gasteiger charge is 2.10. The van der Waals surface area contributed by atoms with Gasteiger partial charge in [-0.2, -0.15) is 0 Å². The maximum absolute atomic E-state index is 12.0. The van der Waals surface area contributed by atoms with Crippen molar-refractivity contribution >= 4 is 5.91 Å². The Morgan fingerprint density at radius 3 is 2.39 bits per heavy atom. The molecule has 0 radical (unpaired) electrons. The Labute approximate surface area is 137 Å². The van der Waals surface area contributed by atoms with Crippen molar-refractivity contribution in [1.29, 1.82) is 0 Å². The van der Waals surface area contributed by atoms with E-state index in [0.29, 0.717) is 11.5 Å². The minimum atomic E-state index is -0.128. The van der Waals surface area contributed by atoms with Crippen LogP contribution in [0.15, 0.2) is 54.6 Å². The molecule has 4 heteroatoms. The van der Waals surface area contributed by atoms with Gasteiger partial charge in [0.1, 0.15) is 0 Å². The van der Waals surface area contributed by atoms with Crippen LogP contribution in [0.5, 0.6) is 11.5 Å². The molecular formula is C19H23NO3. The number of carbonyl (C=O) groups is 1. The average molecular weight is 313 g/mol. The van der Waals surface area contributed by atoms with Crippen molar-refractivity contribution in [3.05, 3.63) is 60.2 Å². The molecule has 0 aliphatic rings. The SMILES string of the molecule is COc1ccccc1OCC(=O)NC(C)CCc1ccccc1. The number of ether oxygens (including phenoxy) is 2. The highest BCUT2D eigenvalue weighted by molar-refractivity contribution is 5.77. The van der Waals surface area contributed by atoms with Crippen LogP contribution in [0.25, 0.3) is 0 Å². The van der Waals surface area contributed by atoms with Gasteiger partial charge in [0.2, 0.25) is 0 Å². The van der Waals surface area contributed by atoms with Gasteiger partial charge in [0, 0.05) is 6.04 Å². The van der Waals surface area contributed by atoms with Crippen LogP contribution >= 0.6 is 0 Å². The summed E-state index contributed by atoms with van der Waals surface area (Å²) in [5, 5.41) is 2.95. The second-order valence-corrected chi connectivity index (χ2v) is 5.43. The first-order valence-electron chi connectivity index (χ1n) is 7.78. The third-order valence-corrected chi connectivity index (χ3v) is 3.54. The summed E-state index contributed by atoms with van der Waals surface area (Å²) in [4.78, 5) is 12.0. The van der Waals surface area contributed by atoms with Crippen molar-refractivity contribution in [2.45, 2.75) is 25.8 Å². The summed E-state index contributed by atoms with van der Waals surface area (Å²) in [5.41, 5.74) is 1.28. The first-order valence-corrected chi connectivity index (χ1v) is 7.78. The van der Waals surface area contributed by atoms with Crippen molar-refractivity contribution in [3.63, 3.8) is 0 Å². The minimum Gasteiger partial charge on any atom is -0.493 e. The fourth-order valence-electron chi connectivity index (χ4n) is 2.30. The van der Waals surface area contributed by atoms with Crippen LogP contribution in [0.2, 0.25) is 0 Å². The van der Waals surface area contributed by atoms with Crippen LogP contribution in [-0.4, -0.2) is 25.7 Å². The lowest BCUT2D eigenvalue weighted by atomic mass is 10.1. The molecule has 2 aromatic rings. The molecule has 0 saturated carbocycles. The molecule has 0 aliphatic heterocycles. The lowest BCUT2D eigenvalue weighted by Crippen LogP contribution is -2.36. The summed E-state index contributed by atoms with van der Waals surface area (Å²) in [6.07, 6.45) is 1.83. The fraction of sp³-hybridized carbons (Fsp3) is 0.316. The topological polar surface area (TPSA) is 47.6 Å². The van der Waals surface area contributed by atoms with Crippen molar-refractivity contribution < 1.29 is 14.3 Å². The Balaban J connectivity index is 1.73. The number of carbonyl (C=O) groups excluding carboxylic acids is 1. The van der Waals surface area contributed by atoms with Crippen molar-refractivity contribution in [1.82, 2.24) is 5.32 Å². The molecule has 1 atom stereocenters. The highest BCUT2D eigenvalue weighted by Crippen LogP contribution is 2.25. The van der Waals surface area contributed by atoms with Crippen molar-refractivity contribution in [2.24, 2.45) is 0 Å². The van der Waals surface area contributed by atoms with Gasteiger partial charge in [-0.3, -0.25) is 4.79 Å². The molecule has 0 aromatic heterocycles. The number of methoxy groups -OCH3 is 1. The number of amides is 1. The first-order chi connectivity index (χ1) is 11.2. The van der Waals surface area contributed by atoms with Gasteiger partial charge < -0.3 is 14.8 Å². The summed E-state index contributed by atoms with van der Waals surface area (Å²) in [6, 6.07) is 17.6. The van der Waals surface area contributed by atoms with E-state index in [1.807, 2.05) is 37.3 Å². The first kappa shape index (κ1) is 16.9. The quantitative estimate of drug-likeness (QED) is 0.814. The van der Waals surface area contributed by atoms with Gasteiger partial charge in [0.15, 0.2) is 18.1 Å². The lowest BCUT2D eigenvalue weighted by Gasteiger charge is -2.15. The number of aryl methyl sites for hydroxylation is 1. The third-order valence-electron chi connectivity index (χ3n) is 3.54. The van der Waals surface area contributed by atoms with Gasteiger partial charge in [-0.1, -0.05) is 42.5 Å². The van der Waals surface area contributed by atoms with Gasteiger partial charge in [-0.25, -0.2) is 0 Å². The molecule has 0 fully saturated rings. The molecule has 1 unspecified atom stereocenters. The van der Waals surface area contributed by atoms with Crippen LogP contribution in [0.1, 0.15) is 18.9 Å². The predicted octanol–water partition coefficient (Wildman–Crippen LogP) is 3.21. The molecule has 23 heavy (non-hydrogen) atoms. The Bertz CT molecular complexity index is 613. The maximum Gasteiger partial charge on any atom is 0.258 e. The molecule has 0 bridgehead atoms. The fourth-order valence-corrected chi connectivity index (χ4v) is 2.30. The lowest BCUT2D eigenvalue weighted by molar-refractivity contribution is -0.123. The van der Waals surface area contributed by atoms with Crippen LogP contribution in [-0.2, 0) is 11.2 Å². The van der Waals surface area contributed by atoms with E-state index in [-0.39, 0.29) is 18.6 Å². The second-order valence-electron chi connectivity index (χ2n) is 5.43. The Kier molecular flexibility index (Phi) is 6.48. The monoisotopic (exact) mass is 313 g/mol. The van der Waals surface area contributed by atoms with E-state index < -0.39 is 0 Å². The Morgan fingerprint density at radius 1 is 1.04 bits per heavy atom. The molecule has 2 rings (SSSR count). The van der Waals surface area contributed by atoms with Crippen molar-refractivity contribution in [2.75, 3.05) is 13.7 Å². The Morgan fingerprint density at radius 2 is 1.70 bits per heavy atom. The average Bonchev–Trinajstić information content (AvgIpc) is 2.59. The summed E-state index contributed by atoms with van der Waals surface area (Å²) in [5.74, 6) is 1.07. The van der Waals surface area contributed by atoms with Gasteiger partial charge in [0.25, 0.3) is 5.91 Å². The zero-order valence-corrected chi connectivity index (χ0v) is 13.6. The highest BCUT2D eigenvalue weighted by atomic mass is 16.5. The third kappa shape index (κ3) is 5.66. The van der Waals surface area contributed by atoms with Gasteiger partial charge in [-0.05, 0) is 37.5 Å².